The molecule has 1 fully saturated rings. The Hall–Kier alpha value is -2.28. The molecule has 1 aromatic carbocycles. The molecule has 0 saturated carbocycles. The number of likely N-dealkylation sites (tertiary alicyclic amines) is 1. The number of aliphatic hydroxyl groups excluding tert-OH is 1. The topological polar surface area (TPSA) is 82.1 Å². The lowest BCUT2D eigenvalue weighted by atomic mass is 10.1. The van der Waals surface area contributed by atoms with Crippen molar-refractivity contribution in [1.29, 1.82) is 0 Å². The molecule has 2 atom stereocenters. The summed E-state index contributed by atoms with van der Waals surface area (Å²) in [5, 5.41) is 13.1. The summed E-state index contributed by atoms with van der Waals surface area (Å²) in [6, 6.07) is 7.46. The van der Waals surface area contributed by atoms with E-state index in [1.807, 2.05) is 19.2 Å². The van der Waals surface area contributed by atoms with Gasteiger partial charge in [0.2, 0.25) is 0 Å². The number of rotatable bonds is 6. The third-order valence-corrected chi connectivity index (χ3v) is 4.71. The highest BCUT2D eigenvalue weighted by atomic mass is 16.6. The van der Waals surface area contributed by atoms with Crippen LogP contribution in [0, 0.1) is 5.92 Å². The van der Waals surface area contributed by atoms with Gasteiger partial charge in [0.25, 0.3) is 5.91 Å². The quantitative estimate of drug-likeness (QED) is 0.779. The minimum atomic E-state index is -0.683. The zero-order chi connectivity index (χ0) is 20.9. The number of carbonyl (C=O) groups excluding carboxylic acids is 2. The van der Waals surface area contributed by atoms with Crippen LogP contribution in [0.4, 0.5) is 10.5 Å². The normalized spacial score (nSPS) is 19.4. The fourth-order valence-electron chi connectivity index (χ4n) is 3.19. The summed E-state index contributed by atoms with van der Waals surface area (Å²) in [5.74, 6) is -0.404. The zero-order valence-electron chi connectivity index (χ0n) is 17.6. The number of amides is 2. The van der Waals surface area contributed by atoms with Crippen LogP contribution in [0.5, 0.6) is 0 Å². The maximum Gasteiger partial charge on any atom is 0.410 e. The summed E-state index contributed by atoms with van der Waals surface area (Å²) in [5.41, 5.74) is 1.06. The van der Waals surface area contributed by atoms with E-state index >= 15 is 0 Å². The summed E-state index contributed by atoms with van der Waals surface area (Å²) in [6.45, 7) is 9.38. The summed E-state index contributed by atoms with van der Waals surface area (Å²) in [6.07, 6.45) is -0.0620. The van der Waals surface area contributed by atoms with Gasteiger partial charge in [0, 0.05) is 43.9 Å². The molecule has 0 unspecified atom stereocenters. The van der Waals surface area contributed by atoms with Gasteiger partial charge >= 0.3 is 6.09 Å². The molecule has 1 heterocycles. The second kappa shape index (κ2) is 9.28. The van der Waals surface area contributed by atoms with E-state index in [9.17, 15) is 14.7 Å². The Labute approximate surface area is 167 Å². The number of hydrogen-bond acceptors (Lipinski definition) is 5. The molecule has 7 nitrogen and oxygen atoms in total. The number of nitrogens with one attached hydrogen (secondary N) is 1. The van der Waals surface area contributed by atoms with Crippen molar-refractivity contribution in [3.63, 3.8) is 0 Å². The van der Waals surface area contributed by atoms with Gasteiger partial charge in [-0.3, -0.25) is 4.79 Å². The average molecular weight is 392 g/mol. The van der Waals surface area contributed by atoms with E-state index in [0.717, 1.165) is 18.7 Å². The SMILES string of the molecule is CCCN(C)c1ccc(C(=O)NC[C@@H]2CN(C(=O)OC(C)(C)C)C[C@H]2O)cc1. The van der Waals surface area contributed by atoms with Crippen LogP contribution in [-0.2, 0) is 4.74 Å². The third kappa shape index (κ3) is 6.12. The third-order valence-electron chi connectivity index (χ3n) is 4.71. The van der Waals surface area contributed by atoms with E-state index in [1.165, 1.54) is 4.90 Å². The van der Waals surface area contributed by atoms with Crippen molar-refractivity contribution in [3.05, 3.63) is 29.8 Å². The minimum absolute atomic E-state index is 0.187. The first-order valence-corrected chi connectivity index (χ1v) is 9.86. The number of anilines is 1. The molecular formula is C21H33N3O4. The zero-order valence-corrected chi connectivity index (χ0v) is 17.6. The van der Waals surface area contributed by atoms with Crippen LogP contribution in [-0.4, -0.2) is 66.9 Å². The molecule has 0 bridgehead atoms. The Bertz CT molecular complexity index is 669. The largest absolute Gasteiger partial charge is 0.444 e. The molecular weight excluding hydrogens is 358 g/mol. The molecule has 0 radical (unpaired) electrons. The van der Waals surface area contributed by atoms with E-state index in [1.54, 1.807) is 32.9 Å². The molecule has 1 saturated heterocycles. The van der Waals surface area contributed by atoms with Crippen LogP contribution in [0.1, 0.15) is 44.5 Å². The molecule has 1 aliphatic heterocycles. The highest BCUT2D eigenvalue weighted by molar-refractivity contribution is 5.94. The van der Waals surface area contributed by atoms with Crippen molar-refractivity contribution in [3.8, 4) is 0 Å². The number of aliphatic hydroxyl groups is 1. The monoisotopic (exact) mass is 391 g/mol. The summed E-state index contributed by atoms with van der Waals surface area (Å²) >= 11 is 0. The van der Waals surface area contributed by atoms with Gasteiger partial charge in [-0.05, 0) is 51.5 Å². The molecule has 0 spiro atoms. The first-order valence-electron chi connectivity index (χ1n) is 9.86. The second-order valence-electron chi connectivity index (χ2n) is 8.39. The van der Waals surface area contributed by atoms with E-state index in [0.29, 0.717) is 18.7 Å². The first-order chi connectivity index (χ1) is 13.1. The number of ether oxygens (including phenoxy) is 1. The Morgan fingerprint density at radius 1 is 1.25 bits per heavy atom. The van der Waals surface area contributed by atoms with E-state index in [2.05, 4.69) is 17.1 Å². The Morgan fingerprint density at radius 2 is 1.89 bits per heavy atom. The van der Waals surface area contributed by atoms with Gasteiger partial charge < -0.3 is 25.0 Å². The van der Waals surface area contributed by atoms with E-state index in [4.69, 9.17) is 4.74 Å². The Kier molecular flexibility index (Phi) is 7.29. The molecule has 0 aromatic heterocycles. The van der Waals surface area contributed by atoms with Crippen molar-refractivity contribution in [2.45, 2.75) is 45.8 Å². The van der Waals surface area contributed by atoms with Crippen molar-refractivity contribution < 1.29 is 19.4 Å². The van der Waals surface area contributed by atoms with Gasteiger partial charge in [0.1, 0.15) is 5.60 Å². The van der Waals surface area contributed by atoms with Crippen LogP contribution in [0.2, 0.25) is 0 Å². The van der Waals surface area contributed by atoms with Crippen molar-refractivity contribution in [2.24, 2.45) is 5.92 Å². The van der Waals surface area contributed by atoms with Gasteiger partial charge in [-0.15, -0.1) is 0 Å². The number of nitrogens with zero attached hydrogens (tertiary/aromatic N) is 2. The molecule has 2 amide bonds. The minimum Gasteiger partial charge on any atom is -0.444 e. The smallest absolute Gasteiger partial charge is 0.410 e. The van der Waals surface area contributed by atoms with E-state index in [-0.39, 0.29) is 18.4 Å². The Balaban J connectivity index is 1.86. The maximum absolute atomic E-state index is 12.4. The van der Waals surface area contributed by atoms with Gasteiger partial charge in [-0.1, -0.05) is 6.92 Å². The Morgan fingerprint density at radius 3 is 2.46 bits per heavy atom. The van der Waals surface area contributed by atoms with Crippen LogP contribution in [0.15, 0.2) is 24.3 Å². The first kappa shape index (κ1) is 22.0. The number of β-amino-alcohol motifs (C(OH)–C–C–N with tert-alkyl or cyclic N) is 1. The van der Waals surface area contributed by atoms with Crippen molar-refractivity contribution in [1.82, 2.24) is 10.2 Å². The molecule has 2 N–H and O–H groups in total. The number of carbonyl (C=O) groups is 2. The molecule has 1 aromatic rings. The lowest BCUT2D eigenvalue weighted by Crippen LogP contribution is -2.36. The fourth-order valence-corrected chi connectivity index (χ4v) is 3.19. The highest BCUT2D eigenvalue weighted by Crippen LogP contribution is 2.20. The highest BCUT2D eigenvalue weighted by Gasteiger charge is 2.36. The molecule has 156 valence electrons. The lowest BCUT2D eigenvalue weighted by Gasteiger charge is -2.24. The van der Waals surface area contributed by atoms with E-state index < -0.39 is 17.8 Å². The molecule has 1 aliphatic rings. The van der Waals surface area contributed by atoms with Crippen LogP contribution in [0.3, 0.4) is 0 Å². The van der Waals surface area contributed by atoms with Crippen LogP contribution in [0.25, 0.3) is 0 Å². The summed E-state index contributed by atoms with van der Waals surface area (Å²) < 4.78 is 5.35. The molecule has 7 heteroatoms. The number of benzene rings is 1. The predicted molar refractivity (Wildman–Crippen MR) is 110 cm³/mol. The fraction of sp³-hybridized carbons (Fsp3) is 0.619. The van der Waals surface area contributed by atoms with Crippen molar-refractivity contribution >= 4 is 17.7 Å². The second-order valence-corrected chi connectivity index (χ2v) is 8.39. The maximum atomic E-state index is 12.4. The van der Waals surface area contributed by atoms with Gasteiger partial charge in [-0.2, -0.15) is 0 Å². The van der Waals surface area contributed by atoms with Crippen LogP contribution >= 0.6 is 0 Å². The standard InChI is InChI=1S/C21H33N3O4/c1-6-11-23(5)17-9-7-15(8-10-17)19(26)22-12-16-13-24(14-18(16)25)20(27)28-21(2,3)4/h7-10,16,18,25H,6,11-14H2,1-5H3,(H,22,26)/t16-,18-/m1/s1. The van der Waals surface area contributed by atoms with Gasteiger partial charge in [0.05, 0.1) is 12.6 Å². The van der Waals surface area contributed by atoms with Gasteiger partial charge in [0.15, 0.2) is 0 Å². The molecule has 2 rings (SSSR count). The summed E-state index contributed by atoms with van der Waals surface area (Å²) in [7, 11) is 2.02. The average Bonchev–Trinajstić information content (AvgIpc) is 2.99. The van der Waals surface area contributed by atoms with Crippen LogP contribution < -0.4 is 10.2 Å². The lowest BCUT2D eigenvalue weighted by molar-refractivity contribution is 0.0269. The van der Waals surface area contributed by atoms with Gasteiger partial charge in [-0.25, -0.2) is 4.79 Å². The predicted octanol–water partition coefficient (Wildman–Crippen LogP) is 2.49. The molecule has 0 aliphatic carbocycles. The number of hydrogen-bond donors (Lipinski definition) is 2. The molecule has 28 heavy (non-hydrogen) atoms. The summed E-state index contributed by atoms with van der Waals surface area (Å²) in [4.78, 5) is 28.2. The van der Waals surface area contributed by atoms with Crippen molar-refractivity contribution in [2.75, 3.05) is 38.1 Å².